The second-order valence-corrected chi connectivity index (χ2v) is 5.82. The van der Waals surface area contributed by atoms with Gasteiger partial charge in [0.05, 0.1) is 6.20 Å². The maximum Gasteiger partial charge on any atom is 0.226 e. The lowest BCUT2D eigenvalue weighted by Crippen LogP contribution is -2.23. The van der Waals surface area contributed by atoms with Gasteiger partial charge in [-0.25, -0.2) is 0 Å². The molecule has 0 aliphatic carbocycles. The Kier molecular flexibility index (Phi) is 3.75. The summed E-state index contributed by atoms with van der Waals surface area (Å²) in [6.07, 6.45) is 2.16. The Morgan fingerprint density at radius 1 is 1.04 bits per heavy atom. The molecule has 3 aromatic rings. The number of fused-ring (bicyclic) bond motifs is 1. The van der Waals surface area contributed by atoms with Gasteiger partial charge in [-0.15, -0.1) is 0 Å². The van der Waals surface area contributed by atoms with E-state index in [1.165, 1.54) is 0 Å². The van der Waals surface area contributed by atoms with E-state index in [1.54, 1.807) is 6.20 Å². The molecule has 120 valence electrons. The van der Waals surface area contributed by atoms with Crippen molar-refractivity contribution in [1.82, 2.24) is 10.2 Å². The first-order chi connectivity index (χ1) is 11.8. The largest absolute Gasteiger partial charge is 0.489 e. The number of anilines is 1. The number of amides is 1. The van der Waals surface area contributed by atoms with Crippen molar-refractivity contribution in [1.29, 1.82) is 0 Å². The molecular weight excluding hydrogens is 302 g/mol. The average molecular weight is 319 g/mol. The normalized spacial score (nSPS) is 16.3. The maximum atomic E-state index is 12.0. The zero-order chi connectivity index (χ0) is 16.4. The highest BCUT2D eigenvalue weighted by molar-refractivity contribution is 5.94. The highest BCUT2D eigenvalue weighted by Crippen LogP contribution is 2.39. The van der Waals surface area contributed by atoms with Gasteiger partial charge in [0.15, 0.2) is 0 Å². The second kappa shape index (κ2) is 6.20. The molecule has 0 radical (unpaired) electrons. The van der Waals surface area contributed by atoms with Crippen molar-refractivity contribution in [2.75, 3.05) is 5.32 Å². The third kappa shape index (κ3) is 2.76. The first kappa shape index (κ1) is 14.5. The average Bonchev–Trinajstić information content (AvgIpc) is 3.09. The number of aromatic nitrogens is 2. The van der Waals surface area contributed by atoms with Crippen LogP contribution in [0.4, 0.5) is 5.82 Å². The minimum atomic E-state index is -0.0560. The molecule has 0 spiro atoms. The van der Waals surface area contributed by atoms with Crippen molar-refractivity contribution in [3.8, 4) is 5.75 Å². The molecule has 2 heterocycles. The van der Waals surface area contributed by atoms with E-state index < -0.39 is 0 Å². The van der Waals surface area contributed by atoms with Crippen molar-refractivity contribution in [3.63, 3.8) is 0 Å². The number of H-pyrrole nitrogens is 1. The highest BCUT2D eigenvalue weighted by atomic mass is 16.5. The number of para-hydroxylation sites is 1. The van der Waals surface area contributed by atoms with Crippen molar-refractivity contribution >= 4 is 11.7 Å². The minimum Gasteiger partial charge on any atom is -0.489 e. The number of nitrogens with zero attached hydrogens (tertiary/aromatic N) is 1. The predicted molar refractivity (Wildman–Crippen MR) is 90.9 cm³/mol. The molecule has 1 aromatic heterocycles. The van der Waals surface area contributed by atoms with Gasteiger partial charge in [0.2, 0.25) is 5.91 Å². The molecule has 0 saturated heterocycles. The van der Waals surface area contributed by atoms with Crippen molar-refractivity contribution in [2.24, 2.45) is 0 Å². The number of aromatic amines is 1. The van der Waals surface area contributed by atoms with Crippen molar-refractivity contribution in [2.45, 2.75) is 18.9 Å². The molecule has 0 fully saturated rings. The van der Waals surface area contributed by atoms with Crippen LogP contribution in [0.5, 0.6) is 5.75 Å². The maximum absolute atomic E-state index is 12.0. The summed E-state index contributed by atoms with van der Waals surface area (Å²) < 4.78 is 6.04. The first-order valence-corrected chi connectivity index (χ1v) is 7.90. The molecule has 1 aliphatic heterocycles. The molecule has 0 bridgehead atoms. The summed E-state index contributed by atoms with van der Waals surface area (Å²) >= 11 is 0. The van der Waals surface area contributed by atoms with Crippen molar-refractivity contribution in [3.05, 3.63) is 77.5 Å². The fraction of sp³-hybridized carbons (Fsp3) is 0.158. The Hall–Kier alpha value is -3.08. The number of carbonyl (C=O) groups excluding carboxylic acids is 1. The molecule has 1 amide bonds. The zero-order valence-corrected chi connectivity index (χ0v) is 13.0. The summed E-state index contributed by atoms with van der Waals surface area (Å²) in [6, 6.07) is 17.9. The summed E-state index contributed by atoms with van der Waals surface area (Å²) in [5, 5.41) is 9.72. The molecule has 1 aliphatic rings. The Bertz CT molecular complexity index is 858. The summed E-state index contributed by atoms with van der Waals surface area (Å²) in [5.41, 5.74) is 3.11. The Labute approximate surface area is 139 Å². The van der Waals surface area contributed by atoms with Gasteiger partial charge in [-0.05, 0) is 11.6 Å². The number of hydrogen-bond donors (Lipinski definition) is 2. The van der Waals surface area contributed by atoms with Gasteiger partial charge in [0.25, 0.3) is 0 Å². The number of hydrogen-bond acceptors (Lipinski definition) is 3. The van der Waals surface area contributed by atoms with Crippen molar-refractivity contribution < 1.29 is 9.53 Å². The van der Waals surface area contributed by atoms with Crippen LogP contribution in [0.1, 0.15) is 29.0 Å². The van der Waals surface area contributed by atoms with Gasteiger partial charge in [-0.3, -0.25) is 9.89 Å². The monoisotopic (exact) mass is 319 g/mol. The minimum absolute atomic E-state index is 0.0189. The number of carbonyl (C=O) groups is 1. The Morgan fingerprint density at radius 3 is 2.71 bits per heavy atom. The third-order valence-corrected chi connectivity index (χ3v) is 4.23. The zero-order valence-electron chi connectivity index (χ0n) is 13.0. The molecular formula is C19H17N3O2. The van der Waals surface area contributed by atoms with Crippen LogP contribution in [-0.4, -0.2) is 16.1 Å². The molecule has 1 atom stereocenters. The van der Waals surface area contributed by atoms with Crippen LogP contribution in [0.2, 0.25) is 0 Å². The number of benzene rings is 2. The number of nitrogens with one attached hydrogen (secondary N) is 2. The first-order valence-electron chi connectivity index (χ1n) is 7.90. The Balaban J connectivity index is 1.64. The number of rotatable bonds is 4. The summed E-state index contributed by atoms with van der Waals surface area (Å²) in [5.74, 6) is 1.40. The van der Waals surface area contributed by atoms with E-state index in [-0.39, 0.29) is 11.8 Å². The van der Waals surface area contributed by atoms with E-state index >= 15 is 0 Å². The van der Waals surface area contributed by atoms with Crippen LogP contribution in [0.3, 0.4) is 0 Å². The second-order valence-electron chi connectivity index (χ2n) is 5.82. The van der Waals surface area contributed by atoms with Crippen LogP contribution in [0.15, 0.2) is 60.8 Å². The molecule has 0 saturated carbocycles. The lowest BCUT2D eigenvalue weighted by molar-refractivity contribution is -0.116. The van der Waals surface area contributed by atoms with Gasteiger partial charge >= 0.3 is 0 Å². The standard InChI is InChI=1S/C19H17N3O2/c23-18-10-15(16-11-20-22-19(16)21-18)14-8-4-5-9-17(14)24-12-13-6-2-1-3-7-13/h1-9,11,15H,10,12H2,(H2,20,21,22,23). The van der Waals surface area contributed by atoms with E-state index in [4.69, 9.17) is 4.74 Å². The van der Waals surface area contributed by atoms with Gasteiger partial charge < -0.3 is 10.1 Å². The molecule has 1 unspecified atom stereocenters. The lowest BCUT2D eigenvalue weighted by Gasteiger charge is -2.24. The molecule has 5 heteroatoms. The fourth-order valence-electron chi connectivity index (χ4n) is 3.06. The highest BCUT2D eigenvalue weighted by Gasteiger charge is 2.29. The van der Waals surface area contributed by atoms with Gasteiger partial charge in [0.1, 0.15) is 18.2 Å². The Morgan fingerprint density at radius 2 is 1.83 bits per heavy atom. The van der Waals surface area contributed by atoms with E-state index in [1.807, 2.05) is 54.6 Å². The van der Waals surface area contributed by atoms with Gasteiger partial charge in [0, 0.05) is 23.5 Å². The van der Waals surface area contributed by atoms with Gasteiger partial charge in [-0.2, -0.15) is 5.10 Å². The van der Waals surface area contributed by atoms with Crippen LogP contribution in [0.25, 0.3) is 0 Å². The third-order valence-electron chi connectivity index (χ3n) is 4.23. The smallest absolute Gasteiger partial charge is 0.226 e. The number of ether oxygens (including phenoxy) is 1. The molecule has 4 rings (SSSR count). The van der Waals surface area contributed by atoms with E-state index in [2.05, 4.69) is 15.5 Å². The van der Waals surface area contributed by atoms with Crippen LogP contribution < -0.4 is 10.1 Å². The van der Waals surface area contributed by atoms with E-state index in [9.17, 15) is 4.79 Å². The molecule has 2 aromatic carbocycles. The van der Waals surface area contributed by atoms with Crippen LogP contribution >= 0.6 is 0 Å². The predicted octanol–water partition coefficient (Wildman–Crippen LogP) is 3.46. The summed E-state index contributed by atoms with van der Waals surface area (Å²) in [4.78, 5) is 12.0. The molecule has 5 nitrogen and oxygen atoms in total. The van der Waals surface area contributed by atoms with Crippen LogP contribution in [-0.2, 0) is 11.4 Å². The summed E-state index contributed by atoms with van der Waals surface area (Å²) in [7, 11) is 0. The lowest BCUT2D eigenvalue weighted by atomic mass is 9.87. The SMILES string of the molecule is O=C1CC(c2ccccc2OCc2ccccc2)c2cn[nH]c2N1. The molecule has 24 heavy (non-hydrogen) atoms. The quantitative estimate of drug-likeness (QED) is 0.774. The van der Waals surface area contributed by atoms with Crippen LogP contribution in [0, 0.1) is 0 Å². The van der Waals surface area contributed by atoms with E-state index in [0.29, 0.717) is 18.8 Å². The topological polar surface area (TPSA) is 67.0 Å². The fourth-order valence-corrected chi connectivity index (χ4v) is 3.06. The van der Waals surface area contributed by atoms with Gasteiger partial charge in [-0.1, -0.05) is 48.5 Å². The molecule has 2 N–H and O–H groups in total. The van der Waals surface area contributed by atoms with E-state index in [0.717, 1.165) is 22.4 Å². The summed E-state index contributed by atoms with van der Waals surface area (Å²) in [6.45, 7) is 0.495.